The second-order valence-electron chi connectivity index (χ2n) is 4.87. The quantitative estimate of drug-likeness (QED) is 0.343. The summed E-state index contributed by atoms with van der Waals surface area (Å²) in [6.07, 6.45) is 1.77. The first kappa shape index (κ1) is 17.5. The first-order valence-electron chi connectivity index (χ1n) is 6.83. The topological polar surface area (TPSA) is 50.1 Å². The standard InChI is InChI=1S/C15H11BrClF2N3OS/c16-9-5-11(19)12(6-10(9)18)21-24-13-7-22(3-4-23)15-8(13)1-2-14(17)20-15/h1-2,5-7,21,23H,3-4H2. The molecule has 2 N–H and O–H groups in total. The molecule has 3 aromatic rings. The molecular weight excluding hydrogens is 424 g/mol. The van der Waals surface area contributed by atoms with E-state index in [9.17, 15) is 8.78 Å². The molecule has 24 heavy (non-hydrogen) atoms. The first-order valence-corrected chi connectivity index (χ1v) is 8.82. The summed E-state index contributed by atoms with van der Waals surface area (Å²) in [5.41, 5.74) is 0.647. The van der Waals surface area contributed by atoms with Crippen molar-refractivity contribution in [3.8, 4) is 0 Å². The molecule has 0 fully saturated rings. The van der Waals surface area contributed by atoms with Gasteiger partial charge in [-0.15, -0.1) is 0 Å². The number of nitrogens with one attached hydrogen (secondary N) is 1. The number of hydrogen-bond acceptors (Lipinski definition) is 4. The Kier molecular flexibility index (Phi) is 5.29. The van der Waals surface area contributed by atoms with Crippen molar-refractivity contribution in [1.29, 1.82) is 0 Å². The average molecular weight is 435 g/mol. The van der Waals surface area contributed by atoms with Crippen molar-refractivity contribution in [2.45, 2.75) is 11.4 Å². The van der Waals surface area contributed by atoms with Crippen LogP contribution in [0.3, 0.4) is 0 Å². The van der Waals surface area contributed by atoms with Gasteiger partial charge < -0.3 is 14.4 Å². The molecule has 0 atom stereocenters. The van der Waals surface area contributed by atoms with Gasteiger partial charge in [-0.3, -0.25) is 0 Å². The zero-order chi connectivity index (χ0) is 17.3. The second kappa shape index (κ2) is 7.26. The molecule has 0 saturated carbocycles. The normalized spacial score (nSPS) is 11.2. The number of benzene rings is 1. The van der Waals surface area contributed by atoms with Gasteiger partial charge in [0.1, 0.15) is 22.4 Å². The number of rotatable bonds is 5. The fourth-order valence-corrected chi connectivity index (χ4v) is 3.46. The number of hydrogen-bond donors (Lipinski definition) is 2. The van der Waals surface area contributed by atoms with Crippen molar-refractivity contribution in [3.63, 3.8) is 0 Å². The smallest absolute Gasteiger partial charge is 0.148 e. The number of halogens is 4. The zero-order valence-corrected chi connectivity index (χ0v) is 15.2. The van der Waals surface area contributed by atoms with Gasteiger partial charge in [-0.1, -0.05) is 11.6 Å². The third-order valence-electron chi connectivity index (χ3n) is 3.27. The molecule has 126 valence electrons. The average Bonchev–Trinajstić information content (AvgIpc) is 2.87. The van der Waals surface area contributed by atoms with Crippen molar-refractivity contribution in [1.82, 2.24) is 9.55 Å². The van der Waals surface area contributed by atoms with E-state index in [-0.39, 0.29) is 16.8 Å². The summed E-state index contributed by atoms with van der Waals surface area (Å²) in [6, 6.07) is 5.58. The number of aromatic nitrogens is 2. The lowest BCUT2D eigenvalue weighted by molar-refractivity contribution is 0.277. The van der Waals surface area contributed by atoms with E-state index in [0.717, 1.165) is 34.4 Å². The Morgan fingerprint density at radius 3 is 2.83 bits per heavy atom. The van der Waals surface area contributed by atoms with Gasteiger partial charge in [0.25, 0.3) is 0 Å². The molecule has 3 rings (SSSR count). The van der Waals surface area contributed by atoms with E-state index in [4.69, 9.17) is 16.7 Å². The van der Waals surface area contributed by atoms with Crippen LogP contribution in [0.5, 0.6) is 0 Å². The van der Waals surface area contributed by atoms with E-state index >= 15 is 0 Å². The largest absolute Gasteiger partial charge is 0.395 e. The van der Waals surface area contributed by atoms with Crippen molar-refractivity contribution in [2.75, 3.05) is 11.3 Å². The summed E-state index contributed by atoms with van der Waals surface area (Å²) in [5.74, 6) is -1.13. The highest BCUT2D eigenvalue weighted by Gasteiger charge is 2.13. The molecule has 1 aromatic carbocycles. The number of fused-ring (bicyclic) bond motifs is 1. The van der Waals surface area contributed by atoms with Gasteiger partial charge in [0.2, 0.25) is 0 Å². The van der Waals surface area contributed by atoms with E-state index in [2.05, 4.69) is 25.6 Å². The third-order valence-corrected chi connectivity index (χ3v) is 4.96. The van der Waals surface area contributed by atoms with Crippen LogP contribution in [0.2, 0.25) is 5.15 Å². The molecule has 4 nitrogen and oxygen atoms in total. The van der Waals surface area contributed by atoms with Gasteiger partial charge in [-0.25, -0.2) is 13.8 Å². The Balaban J connectivity index is 1.92. The summed E-state index contributed by atoms with van der Waals surface area (Å²) in [7, 11) is 0. The van der Waals surface area contributed by atoms with Crippen LogP contribution in [0.15, 0.2) is 39.8 Å². The maximum absolute atomic E-state index is 13.9. The first-order chi connectivity index (χ1) is 11.5. The molecule has 2 aromatic heterocycles. The van der Waals surface area contributed by atoms with Crippen molar-refractivity contribution in [2.24, 2.45) is 0 Å². The molecule has 0 unspecified atom stereocenters. The monoisotopic (exact) mass is 433 g/mol. The van der Waals surface area contributed by atoms with E-state index in [1.807, 2.05) is 0 Å². The lowest BCUT2D eigenvalue weighted by Crippen LogP contribution is -2.01. The predicted octanol–water partition coefficient (Wildman–Crippen LogP) is 4.84. The van der Waals surface area contributed by atoms with Crippen molar-refractivity contribution in [3.05, 3.63) is 51.7 Å². The van der Waals surface area contributed by atoms with E-state index in [0.29, 0.717) is 17.3 Å². The van der Waals surface area contributed by atoms with E-state index in [1.165, 1.54) is 0 Å². The Hall–Kier alpha value is -1.35. The zero-order valence-electron chi connectivity index (χ0n) is 12.1. The highest BCUT2D eigenvalue weighted by molar-refractivity contribution is 9.10. The molecule has 0 aliphatic heterocycles. The summed E-state index contributed by atoms with van der Waals surface area (Å²) in [5, 5.41) is 10.3. The van der Waals surface area contributed by atoms with E-state index < -0.39 is 11.6 Å². The number of aliphatic hydroxyl groups is 1. The fraction of sp³-hybridized carbons (Fsp3) is 0.133. The van der Waals surface area contributed by atoms with E-state index in [1.54, 1.807) is 22.9 Å². The molecule has 0 aliphatic carbocycles. The Morgan fingerprint density at radius 2 is 2.08 bits per heavy atom. The fourth-order valence-electron chi connectivity index (χ4n) is 2.18. The molecule has 0 aliphatic rings. The highest BCUT2D eigenvalue weighted by atomic mass is 79.9. The van der Waals surface area contributed by atoms with Crippen LogP contribution in [0.1, 0.15) is 0 Å². The van der Waals surface area contributed by atoms with Gasteiger partial charge in [0.05, 0.1) is 21.7 Å². The van der Waals surface area contributed by atoms with Crippen LogP contribution in [0.25, 0.3) is 11.0 Å². The van der Waals surface area contributed by atoms with Gasteiger partial charge in [0, 0.05) is 24.2 Å². The van der Waals surface area contributed by atoms with Crippen LogP contribution in [-0.2, 0) is 6.54 Å². The lowest BCUT2D eigenvalue weighted by Gasteiger charge is -2.07. The predicted molar refractivity (Wildman–Crippen MR) is 95.4 cm³/mol. The van der Waals surface area contributed by atoms with Crippen LogP contribution in [0.4, 0.5) is 14.5 Å². The Bertz CT molecular complexity index is 906. The van der Waals surface area contributed by atoms with Gasteiger partial charge >= 0.3 is 0 Å². The van der Waals surface area contributed by atoms with Gasteiger partial charge in [-0.05, 0) is 46.1 Å². The van der Waals surface area contributed by atoms with Crippen LogP contribution < -0.4 is 4.72 Å². The summed E-state index contributed by atoms with van der Waals surface area (Å²) >= 11 is 9.99. The maximum atomic E-state index is 13.9. The Labute approximate surface area is 154 Å². The molecule has 9 heteroatoms. The second-order valence-corrected chi connectivity index (χ2v) is 6.96. The van der Waals surface area contributed by atoms with Crippen LogP contribution >= 0.6 is 39.5 Å². The van der Waals surface area contributed by atoms with Crippen molar-refractivity contribution < 1.29 is 13.9 Å². The third kappa shape index (κ3) is 3.51. The number of nitrogens with zero attached hydrogens (tertiary/aromatic N) is 2. The minimum atomic E-state index is -0.573. The molecule has 2 heterocycles. The number of pyridine rings is 1. The molecular formula is C15H11BrClF2N3OS. The molecule has 0 saturated heterocycles. The van der Waals surface area contributed by atoms with Gasteiger partial charge in [0.15, 0.2) is 0 Å². The van der Waals surface area contributed by atoms with Crippen LogP contribution in [0, 0.1) is 11.6 Å². The summed E-state index contributed by atoms with van der Waals surface area (Å²) in [6.45, 7) is 0.299. The number of anilines is 1. The van der Waals surface area contributed by atoms with Crippen LogP contribution in [-0.4, -0.2) is 21.3 Å². The molecule has 0 amide bonds. The summed E-state index contributed by atoms with van der Waals surface area (Å²) < 4.78 is 32.1. The van der Waals surface area contributed by atoms with Crippen molar-refractivity contribution >= 4 is 56.2 Å². The Morgan fingerprint density at radius 1 is 1.29 bits per heavy atom. The molecule has 0 spiro atoms. The molecule has 0 radical (unpaired) electrons. The maximum Gasteiger partial charge on any atom is 0.148 e. The highest BCUT2D eigenvalue weighted by Crippen LogP contribution is 2.32. The number of aliphatic hydroxyl groups excluding tert-OH is 1. The SMILES string of the molecule is OCCn1cc(SNc2cc(F)c(Br)cc2F)c2ccc(Cl)nc21. The minimum absolute atomic E-state index is 0.0330. The lowest BCUT2D eigenvalue weighted by atomic mass is 10.3. The van der Waals surface area contributed by atoms with Gasteiger partial charge in [-0.2, -0.15) is 0 Å². The minimum Gasteiger partial charge on any atom is -0.395 e. The summed E-state index contributed by atoms with van der Waals surface area (Å²) in [4.78, 5) is 5.00. The molecule has 0 bridgehead atoms.